The van der Waals surface area contributed by atoms with E-state index in [-0.39, 0.29) is 25.5 Å². The third kappa shape index (κ3) is 7.01. The van der Waals surface area contributed by atoms with Gasteiger partial charge in [-0.1, -0.05) is 12.1 Å². The first-order chi connectivity index (χ1) is 13.0. The number of carbonyl (C=O) groups is 2. The van der Waals surface area contributed by atoms with Crippen LogP contribution in [0.15, 0.2) is 42.5 Å². The maximum absolute atomic E-state index is 11.9. The van der Waals surface area contributed by atoms with Crippen LogP contribution in [0.25, 0.3) is 0 Å². The lowest BCUT2D eigenvalue weighted by Gasteiger charge is -2.10. The molecule has 0 spiro atoms. The first-order valence-electron chi connectivity index (χ1n) is 8.86. The van der Waals surface area contributed by atoms with Gasteiger partial charge in [-0.15, -0.1) is 0 Å². The van der Waals surface area contributed by atoms with Gasteiger partial charge < -0.3 is 19.5 Å². The predicted molar refractivity (Wildman–Crippen MR) is 103 cm³/mol. The molecule has 1 N–H and O–H groups in total. The van der Waals surface area contributed by atoms with Gasteiger partial charge in [0.25, 0.3) is 5.91 Å². The van der Waals surface area contributed by atoms with E-state index < -0.39 is 5.97 Å². The number of benzene rings is 2. The molecule has 0 unspecified atom stereocenters. The maximum atomic E-state index is 11.9. The van der Waals surface area contributed by atoms with Gasteiger partial charge in [0.1, 0.15) is 11.5 Å². The first kappa shape index (κ1) is 20.3. The number of carbonyl (C=O) groups excluding carboxylic acids is 2. The molecule has 6 nitrogen and oxygen atoms in total. The highest BCUT2D eigenvalue weighted by atomic mass is 16.5. The average Bonchev–Trinajstić information content (AvgIpc) is 2.65. The van der Waals surface area contributed by atoms with E-state index in [0.717, 1.165) is 22.6 Å². The summed E-state index contributed by atoms with van der Waals surface area (Å²) in [6.07, 6.45) is 0.0595. The monoisotopic (exact) mass is 371 g/mol. The normalized spacial score (nSPS) is 10.2. The molecule has 0 bridgehead atoms. The second kappa shape index (κ2) is 10.2. The van der Waals surface area contributed by atoms with E-state index in [0.29, 0.717) is 12.4 Å². The Balaban J connectivity index is 1.68. The van der Waals surface area contributed by atoms with Crippen molar-refractivity contribution in [3.05, 3.63) is 53.6 Å². The molecular weight excluding hydrogens is 346 g/mol. The van der Waals surface area contributed by atoms with Crippen molar-refractivity contribution in [2.24, 2.45) is 0 Å². The molecule has 144 valence electrons. The zero-order valence-electron chi connectivity index (χ0n) is 15.9. The molecule has 0 saturated carbocycles. The Bertz CT molecular complexity index is 771. The molecule has 2 aromatic rings. The number of anilines is 1. The van der Waals surface area contributed by atoms with Gasteiger partial charge in [0.2, 0.25) is 0 Å². The van der Waals surface area contributed by atoms with Crippen molar-refractivity contribution in [3.8, 4) is 11.5 Å². The number of amides is 1. The molecule has 0 aliphatic carbocycles. The fourth-order valence-electron chi connectivity index (χ4n) is 2.33. The molecule has 6 heteroatoms. The molecule has 0 saturated heterocycles. The molecule has 0 heterocycles. The third-order valence-corrected chi connectivity index (χ3v) is 3.74. The average molecular weight is 371 g/mol. The number of rotatable bonds is 9. The van der Waals surface area contributed by atoms with Crippen LogP contribution in [-0.4, -0.2) is 31.7 Å². The van der Waals surface area contributed by atoms with Crippen LogP contribution in [0.1, 0.15) is 24.5 Å². The first-order valence-corrected chi connectivity index (χ1v) is 8.86. The number of hydrogen-bond donors (Lipinski definition) is 1. The van der Waals surface area contributed by atoms with Gasteiger partial charge in [-0.2, -0.15) is 0 Å². The van der Waals surface area contributed by atoms with E-state index in [4.69, 9.17) is 14.2 Å². The summed E-state index contributed by atoms with van der Waals surface area (Å²) in [6, 6.07) is 12.9. The maximum Gasteiger partial charge on any atom is 0.309 e. The Labute approximate surface area is 159 Å². The van der Waals surface area contributed by atoms with E-state index in [1.165, 1.54) is 0 Å². The van der Waals surface area contributed by atoms with E-state index in [1.54, 1.807) is 24.3 Å². The van der Waals surface area contributed by atoms with Gasteiger partial charge in [0.15, 0.2) is 6.61 Å². The molecule has 0 radical (unpaired) electrons. The minimum Gasteiger partial charge on any atom is -0.494 e. The van der Waals surface area contributed by atoms with Gasteiger partial charge >= 0.3 is 5.97 Å². The highest BCUT2D eigenvalue weighted by Gasteiger charge is 2.09. The Kier molecular flexibility index (Phi) is 7.67. The van der Waals surface area contributed by atoms with Crippen molar-refractivity contribution in [1.29, 1.82) is 0 Å². The van der Waals surface area contributed by atoms with Crippen molar-refractivity contribution in [2.75, 3.05) is 25.1 Å². The van der Waals surface area contributed by atoms with E-state index in [9.17, 15) is 9.59 Å². The van der Waals surface area contributed by atoms with E-state index >= 15 is 0 Å². The van der Waals surface area contributed by atoms with Crippen molar-refractivity contribution in [2.45, 2.75) is 27.2 Å². The molecule has 0 aliphatic heterocycles. The molecule has 2 aromatic carbocycles. The number of aryl methyl sites for hydroxylation is 2. The lowest BCUT2D eigenvalue weighted by Crippen LogP contribution is -2.22. The second-order valence-electron chi connectivity index (χ2n) is 6.03. The van der Waals surface area contributed by atoms with E-state index in [1.807, 2.05) is 39.0 Å². The highest BCUT2D eigenvalue weighted by molar-refractivity contribution is 5.93. The van der Waals surface area contributed by atoms with Gasteiger partial charge in [-0.05, 0) is 62.2 Å². The Morgan fingerprint density at radius 1 is 0.963 bits per heavy atom. The lowest BCUT2D eigenvalue weighted by molar-refractivity contribution is -0.147. The minimum atomic E-state index is -0.489. The third-order valence-electron chi connectivity index (χ3n) is 3.74. The van der Waals surface area contributed by atoms with Gasteiger partial charge in [-0.25, -0.2) is 0 Å². The topological polar surface area (TPSA) is 73.9 Å². The molecule has 0 fully saturated rings. The summed E-state index contributed by atoms with van der Waals surface area (Å²) in [5, 5.41) is 2.74. The molecule has 0 aliphatic rings. The van der Waals surface area contributed by atoms with Gasteiger partial charge in [0, 0.05) is 5.69 Å². The zero-order chi connectivity index (χ0) is 19.6. The number of ether oxygens (including phenoxy) is 3. The SMILES string of the molecule is CCOc1ccc(OCCC(=O)OCC(=O)Nc2cc(C)ccc2C)cc1. The summed E-state index contributed by atoms with van der Waals surface area (Å²) in [4.78, 5) is 23.7. The smallest absolute Gasteiger partial charge is 0.309 e. The molecule has 2 rings (SSSR count). The molecule has 0 atom stereocenters. The summed E-state index contributed by atoms with van der Waals surface area (Å²) in [5.41, 5.74) is 2.71. The summed E-state index contributed by atoms with van der Waals surface area (Å²) in [7, 11) is 0. The van der Waals surface area contributed by atoms with Crippen LogP contribution in [0.2, 0.25) is 0 Å². The van der Waals surface area contributed by atoms with Gasteiger partial charge in [-0.3, -0.25) is 9.59 Å². The predicted octanol–water partition coefficient (Wildman–Crippen LogP) is 3.65. The number of hydrogen-bond acceptors (Lipinski definition) is 5. The van der Waals surface area contributed by atoms with Crippen LogP contribution in [0.3, 0.4) is 0 Å². The highest BCUT2D eigenvalue weighted by Crippen LogP contribution is 2.18. The van der Waals surface area contributed by atoms with Crippen LogP contribution in [0.4, 0.5) is 5.69 Å². The van der Waals surface area contributed by atoms with Crippen LogP contribution in [0.5, 0.6) is 11.5 Å². The Morgan fingerprint density at radius 3 is 2.30 bits per heavy atom. The van der Waals surface area contributed by atoms with Crippen molar-refractivity contribution in [1.82, 2.24) is 0 Å². The fraction of sp³-hybridized carbons (Fsp3) is 0.333. The molecule has 27 heavy (non-hydrogen) atoms. The molecular formula is C21H25NO5. The molecule has 1 amide bonds. The van der Waals surface area contributed by atoms with E-state index in [2.05, 4.69) is 5.32 Å². The quantitative estimate of drug-likeness (QED) is 0.681. The Hall–Kier alpha value is -3.02. The van der Waals surface area contributed by atoms with Crippen LogP contribution in [0, 0.1) is 13.8 Å². The zero-order valence-corrected chi connectivity index (χ0v) is 15.9. The molecule has 0 aromatic heterocycles. The lowest BCUT2D eigenvalue weighted by atomic mass is 10.1. The summed E-state index contributed by atoms with van der Waals surface area (Å²) >= 11 is 0. The van der Waals surface area contributed by atoms with Gasteiger partial charge in [0.05, 0.1) is 19.6 Å². The minimum absolute atomic E-state index is 0.0595. The van der Waals surface area contributed by atoms with Crippen LogP contribution in [-0.2, 0) is 14.3 Å². The number of esters is 1. The van der Waals surface area contributed by atoms with Crippen molar-refractivity contribution >= 4 is 17.6 Å². The standard InChI is InChI=1S/C21H25NO5/c1-4-25-17-7-9-18(10-8-17)26-12-11-21(24)27-14-20(23)22-19-13-15(2)5-6-16(19)3/h5-10,13H,4,11-12,14H2,1-3H3,(H,22,23). The summed E-state index contributed by atoms with van der Waals surface area (Å²) in [5.74, 6) is 0.541. The summed E-state index contributed by atoms with van der Waals surface area (Å²) < 4.78 is 15.8. The number of nitrogens with one attached hydrogen (secondary N) is 1. The van der Waals surface area contributed by atoms with Crippen LogP contribution >= 0.6 is 0 Å². The Morgan fingerprint density at radius 2 is 1.63 bits per heavy atom. The fourth-order valence-corrected chi connectivity index (χ4v) is 2.33. The van der Waals surface area contributed by atoms with Crippen molar-refractivity contribution < 1.29 is 23.8 Å². The van der Waals surface area contributed by atoms with Crippen LogP contribution < -0.4 is 14.8 Å². The second-order valence-corrected chi connectivity index (χ2v) is 6.03. The largest absolute Gasteiger partial charge is 0.494 e. The van der Waals surface area contributed by atoms with Crippen molar-refractivity contribution in [3.63, 3.8) is 0 Å². The summed E-state index contributed by atoms with van der Waals surface area (Å²) in [6.45, 7) is 6.21.